The third kappa shape index (κ3) is 4.64. The number of rotatable bonds is 8. The molecule has 2 aliphatic rings. The highest BCUT2D eigenvalue weighted by atomic mass is 16.3. The Morgan fingerprint density at radius 3 is 1.32 bits per heavy atom. The fourth-order valence-corrected chi connectivity index (χ4v) is 7.17. The Hall–Kier alpha value is -3.60. The van der Waals surface area contributed by atoms with E-state index >= 15 is 0 Å². The number of allylic oxidation sites excluding steroid dienone is 4. The van der Waals surface area contributed by atoms with Crippen molar-refractivity contribution in [3.63, 3.8) is 0 Å². The molecule has 5 rings (SSSR count). The molecule has 216 valence electrons. The third-order valence-electron chi connectivity index (χ3n) is 9.08. The van der Waals surface area contributed by atoms with Crippen LogP contribution in [0.15, 0.2) is 18.2 Å². The fraction of sp³-hybridized carbons (Fsp3) is 0.444. The van der Waals surface area contributed by atoms with Crippen LogP contribution in [0.1, 0.15) is 126 Å². The normalized spacial score (nSPS) is 13.6. The van der Waals surface area contributed by atoms with Gasteiger partial charge in [0.1, 0.15) is 5.69 Å². The summed E-state index contributed by atoms with van der Waals surface area (Å²) in [7, 11) is 0. The number of hydrogen-bond donors (Lipinski definition) is 3. The topological polar surface area (TPSA) is 77.6 Å². The Bertz CT molecular complexity index is 1730. The van der Waals surface area contributed by atoms with E-state index < -0.39 is 0 Å². The lowest BCUT2D eigenvalue weighted by atomic mass is 9.98. The predicted molar refractivity (Wildman–Crippen MR) is 175 cm³/mol. The Balaban J connectivity index is 2.07. The molecule has 41 heavy (non-hydrogen) atoms. The van der Waals surface area contributed by atoms with Crippen LogP contribution in [0.4, 0.5) is 0 Å². The van der Waals surface area contributed by atoms with Crippen molar-refractivity contribution in [3.8, 4) is 5.75 Å². The van der Waals surface area contributed by atoms with Gasteiger partial charge in [-0.05, 0) is 114 Å². The molecule has 0 amide bonds. The number of nitrogens with zero attached hydrogens (tertiary/aromatic N) is 2. The number of fused-ring (bicyclic) bond motifs is 8. The van der Waals surface area contributed by atoms with Crippen molar-refractivity contribution < 1.29 is 5.11 Å². The van der Waals surface area contributed by atoms with E-state index in [0.29, 0.717) is 5.69 Å². The first-order valence-electron chi connectivity index (χ1n) is 15.8. The number of aromatic hydroxyl groups is 1. The fourth-order valence-electron chi connectivity index (χ4n) is 7.17. The minimum atomic E-state index is 0.251. The van der Waals surface area contributed by atoms with Crippen LogP contribution in [0.3, 0.4) is 0 Å². The molecule has 3 N–H and O–H groups in total. The van der Waals surface area contributed by atoms with Gasteiger partial charge in [-0.15, -0.1) is 0 Å². The predicted octanol–water partition coefficient (Wildman–Crippen LogP) is 9.73. The van der Waals surface area contributed by atoms with Gasteiger partial charge >= 0.3 is 0 Å². The summed E-state index contributed by atoms with van der Waals surface area (Å²) in [6, 6.07) is 6.70. The van der Waals surface area contributed by atoms with E-state index in [1.54, 1.807) is 0 Å². The summed E-state index contributed by atoms with van der Waals surface area (Å²) in [4.78, 5) is 17.8. The Morgan fingerprint density at radius 2 is 0.878 bits per heavy atom. The first-order chi connectivity index (χ1) is 19.9. The van der Waals surface area contributed by atoms with E-state index in [2.05, 4.69) is 83.6 Å². The molecule has 0 radical (unpaired) electrons. The van der Waals surface area contributed by atoms with E-state index in [1.165, 1.54) is 33.4 Å². The zero-order valence-electron chi connectivity index (χ0n) is 26.2. The molecule has 0 aliphatic carbocycles. The number of nitrogens with one attached hydrogen (secondary N) is 2. The summed E-state index contributed by atoms with van der Waals surface area (Å²) in [6.07, 6.45) is 7.12. The quantitative estimate of drug-likeness (QED) is 0.261. The first-order valence-corrected chi connectivity index (χ1v) is 15.8. The van der Waals surface area contributed by atoms with Crippen LogP contribution in [0.25, 0.3) is 44.4 Å². The summed E-state index contributed by atoms with van der Waals surface area (Å²) in [5.41, 5.74) is 17.9. The second kappa shape index (κ2) is 11.7. The molecule has 5 nitrogen and oxygen atoms in total. The van der Waals surface area contributed by atoms with Crippen LogP contribution in [0.5, 0.6) is 5.75 Å². The van der Waals surface area contributed by atoms with Crippen LogP contribution in [-0.4, -0.2) is 25.0 Å². The molecule has 8 bridgehead atoms. The smallest absolute Gasteiger partial charge is 0.165 e. The highest BCUT2D eigenvalue weighted by molar-refractivity contribution is 5.97. The average molecular weight is 551 g/mol. The van der Waals surface area contributed by atoms with E-state index in [-0.39, 0.29) is 5.75 Å². The maximum atomic E-state index is 11.9. The van der Waals surface area contributed by atoms with E-state index in [4.69, 9.17) is 9.97 Å². The number of H-pyrrole nitrogens is 2. The molecule has 5 heterocycles. The summed E-state index contributed by atoms with van der Waals surface area (Å²) in [5.74, 6) is 0.251. The summed E-state index contributed by atoms with van der Waals surface area (Å²) in [6.45, 7) is 17.6. The number of hydrogen-bond acceptors (Lipinski definition) is 3. The molecule has 0 fully saturated rings. The van der Waals surface area contributed by atoms with Crippen molar-refractivity contribution >= 4 is 44.4 Å². The average Bonchev–Trinajstić information content (AvgIpc) is 3.71. The summed E-state index contributed by atoms with van der Waals surface area (Å²) < 4.78 is 0. The van der Waals surface area contributed by atoms with Crippen LogP contribution in [0, 0.1) is 0 Å². The van der Waals surface area contributed by atoms with Crippen LogP contribution < -0.4 is 0 Å². The Kier molecular flexibility index (Phi) is 8.26. The number of aromatic amines is 2. The lowest BCUT2D eigenvalue weighted by Gasteiger charge is -2.05. The van der Waals surface area contributed by atoms with Crippen molar-refractivity contribution in [2.45, 2.75) is 107 Å². The monoisotopic (exact) mass is 550 g/mol. The molecule has 0 saturated heterocycles. The molecule has 0 unspecified atom stereocenters. The molecular weight excluding hydrogens is 504 g/mol. The van der Waals surface area contributed by atoms with Gasteiger partial charge in [-0.1, -0.05) is 55.4 Å². The maximum Gasteiger partial charge on any atom is 0.165 e. The van der Waals surface area contributed by atoms with Gasteiger partial charge in [0.15, 0.2) is 5.75 Å². The number of aromatic nitrogens is 4. The van der Waals surface area contributed by atoms with Gasteiger partial charge in [0.05, 0.1) is 22.6 Å². The SMILES string of the molecule is CCC1=C(CC)c2cc3[nH]c(c(O)c4nc(cc5[nH]c(cc1n2)c(CC)c5CC)C(CC)=C4CC)c(CC)c3CC. The second-order valence-electron chi connectivity index (χ2n) is 11.0. The Morgan fingerprint density at radius 1 is 0.488 bits per heavy atom. The minimum absolute atomic E-state index is 0.251. The largest absolute Gasteiger partial charge is 0.504 e. The molecule has 0 spiro atoms. The summed E-state index contributed by atoms with van der Waals surface area (Å²) in [5, 5.41) is 11.9. The van der Waals surface area contributed by atoms with Crippen molar-refractivity contribution in [1.82, 2.24) is 19.9 Å². The lowest BCUT2D eigenvalue weighted by molar-refractivity contribution is 0.476. The molecule has 0 saturated carbocycles. The Labute approximate surface area is 244 Å². The first kappa shape index (κ1) is 28.9. The van der Waals surface area contributed by atoms with Gasteiger partial charge in [-0.2, -0.15) is 0 Å². The maximum absolute atomic E-state index is 11.9. The van der Waals surface area contributed by atoms with Crippen LogP contribution in [0.2, 0.25) is 0 Å². The van der Waals surface area contributed by atoms with Gasteiger partial charge in [-0.25, -0.2) is 9.97 Å². The zero-order chi connectivity index (χ0) is 29.4. The zero-order valence-corrected chi connectivity index (χ0v) is 26.2. The standard InChI is InChI=1S/C36H46N4O/c1-9-20-22(11-3)30-18-32-24(13-5)26(15-7)34(39-32)36(41)35-27(16-8)25(14-6)33(40-35)19-31-23(12-4)21(10-2)29(38-31)17-28(20)37-30/h17-19,37,40-41H,9-16H2,1-8H3. The molecule has 0 aromatic carbocycles. The van der Waals surface area contributed by atoms with Crippen molar-refractivity contribution in [2.75, 3.05) is 0 Å². The van der Waals surface area contributed by atoms with Gasteiger partial charge in [0.2, 0.25) is 0 Å². The van der Waals surface area contributed by atoms with Crippen molar-refractivity contribution in [1.29, 1.82) is 0 Å². The van der Waals surface area contributed by atoms with Crippen LogP contribution >= 0.6 is 0 Å². The van der Waals surface area contributed by atoms with E-state index in [0.717, 1.165) is 102 Å². The molecule has 3 aromatic rings. The van der Waals surface area contributed by atoms with Gasteiger partial charge in [-0.3, -0.25) is 0 Å². The minimum Gasteiger partial charge on any atom is -0.504 e. The van der Waals surface area contributed by atoms with E-state index in [1.807, 2.05) is 0 Å². The highest BCUT2D eigenvalue weighted by Gasteiger charge is 2.24. The highest BCUT2D eigenvalue weighted by Crippen LogP contribution is 2.42. The molecule has 5 heteroatoms. The molecular formula is C36H46N4O. The summed E-state index contributed by atoms with van der Waals surface area (Å²) >= 11 is 0. The molecule has 0 atom stereocenters. The lowest BCUT2D eigenvalue weighted by Crippen LogP contribution is -1.88. The molecule has 2 aliphatic heterocycles. The van der Waals surface area contributed by atoms with Crippen molar-refractivity contribution in [2.24, 2.45) is 0 Å². The third-order valence-corrected chi connectivity index (χ3v) is 9.08. The second-order valence-corrected chi connectivity index (χ2v) is 11.0. The number of aryl methyl sites for hydroxylation is 4. The van der Waals surface area contributed by atoms with Gasteiger partial charge < -0.3 is 15.1 Å². The van der Waals surface area contributed by atoms with Gasteiger partial charge in [0.25, 0.3) is 0 Å². The van der Waals surface area contributed by atoms with E-state index in [9.17, 15) is 5.11 Å². The molecule has 3 aromatic heterocycles. The van der Waals surface area contributed by atoms with Gasteiger partial charge in [0, 0.05) is 16.6 Å². The van der Waals surface area contributed by atoms with Crippen LogP contribution in [-0.2, 0) is 25.7 Å². The van der Waals surface area contributed by atoms with Crippen molar-refractivity contribution in [3.05, 3.63) is 63.2 Å².